The van der Waals surface area contributed by atoms with Crippen molar-refractivity contribution in [2.45, 2.75) is 17.7 Å². The molecule has 1 aromatic rings. The molecule has 0 heterocycles. The molecule has 0 aliphatic heterocycles. The van der Waals surface area contributed by atoms with E-state index in [4.69, 9.17) is 23.3 Å². The smallest absolute Gasteiger partial charge is 0.207 e. The zero-order chi connectivity index (χ0) is 14.8. The fourth-order valence-electron chi connectivity index (χ4n) is 1.86. The van der Waals surface area contributed by atoms with Crippen molar-refractivity contribution < 1.29 is 8.42 Å². The normalized spacial score (nSPS) is 14.8. The Morgan fingerprint density at radius 1 is 1.45 bits per heavy atom. The Hall–Kier alpha value is -1.53. The van der Waals surface area contributed by atoms with Gasteiger partial charge in [-0.3, -0.25) is 0 Å². The maximum atomic E-state index is 12.6. The first-order valence-corrected chi connectivity index (χ1v) is 7.94. The van der Waals surface area contributed by atoms with E-state index in [1.165, 1.54) is 22.5 Å². The SMILES string of the molecule is C#CCN(CC1CC1)S(=O)(=O)c1ccc(C#N)cc1Cl. The van der Waals surface area contributed by atoms with Gasteiger partial charge in [0.1, 0.15) is 4.90 Å². The van der Waals surface area contributed by atoms with Gasteiger partial charge in [-0.1, -0.05) is 17.5 Å². The van der Waals surface area contributed by atoms with Crippen molar-refractivity contribution in [3.8, 4) is 18.4 Å². The van der Waals surface area contributed by atoms with E-state index in [1.54, 1.807) is 0 Å². The highest BCUT2D eigenvalue weighted by Gasteiger charge is 2.32. The fraction of sp³-hybridized carbons (Fsp3) is 0.357. The van der Waals surface area contributed by atoms with Crippen LogP contribution in [0.1, 0.15) is 18.4 Å². The van der Waals surface area contributed by atoms with E-state index >= 15 is 0 Å². The van der Waals surface area contributed by atoms with Gasteiger partial charge in [-0.25, -0.2) is 8.42 Å². The van der Waals surface area contributed by atoms with Gasteiger partial charge in [0.25, 0.3) is 0 Å². The van der Waals surface area contributed by atoms with Crippen molar-refractivity contribution in [2.24, 2.45) is 5.92 Å². The molecule has 0 N–H and O–H groups in total. The Kier molecular flexibility index (Phi) is 4.35. The van der Waals surface area contributed by atoms with E-state index in [-0.39, 0.29) is 16.5 Å². The molecule has 1 aliphatic rings. The number of rotatable bonds is 5. The molecular weight excluding hydrogens is 296 g/mol. The van der Waals surface area contributed by atoms with Crippen LogP contribution in [-0.2, 0) is 10.0 Å². The van der Waals surface area contributed by atoms with E-state index in [0.717, 1.165) is 12.8 Å². The van der Waals surface area contributed by atoms with Crippen LogP contribution < -0.4 is 0 Å². The molecule has 0 spiro atoms. The predicted molar refractivity (Wildman–Crippen MR) is 76.5 cm³/mol. The highest BCUT2D eigenvalue weighted by Crippen LogP contribution is 2.33. The topological polar surface area (TPSA) is 61.2 Å². The summed E-state index contributed by atoms with van der Waals surface area (Å²) < 4.78 is 26.4. The van der Waals surface area contributed by atoms with E-state index in [0.29, 0.717) is 18.0 Å². The van der Waals surface area contributed by atoms with E-state index < -0.39 is 10.0 Å². The summed E-state index contributed by atoms with van der Waals surface area (Å²) in [5.74, 6) is 2.75. The average molecular weight is 309 g/mol. The molecule has 1 fully saturated rings. The van der Waals surface area contributed by atoms with Crippen molar-refractivity contribution in [2.75, 3.05) is 13.1 Å². The van der Waals surface area contributed by atoms with E-state index in [9.17, 15) is 8.42 Å². The average Bonchev–Trinajstić information content (AvgIpc) is 3.21. The van der Waals surface area contributed by atoms with Crippen molar-refractivity contribution in [1.29, 1.82) is 5.26 Å². The molecule has 6 heteroatoms. The van der Waals surface area contributed by atoms with Crippen LogP contribution in [-0.4, -0.2) is 25.8 Å². The second-order valence-corrected chi connectivity index (χ2v) is 7.02. The van der Waals surface area contributed by atoms with Crippen LogP contribution in [0.5, 0.6) is 0 Å². The van der Waals surface area contributed by atoms with Gasteiger partial charge in [0.15, 0.2) is 0 Å². The van der Waals surface area contributed by atoms with Gasteiger partial charge >= 0.3 is 0 Å². The third-order valence-electron chi connectivity index (χ3n) is 3.11. The number of nitrogens with zero attached hydrogens (tertiary/aromatic N) is 2. The summed E-state index contributed by atoms with van der Waals surface area (Å²) in [6, 6.07) is 6.05. The first kappa shape index (κ1) is 14.9. The lowest BCUT2D eigenvalue weighted by molar-refractivity contribution is 0.430. The quantitative estimate of drug-likeness (QED) is 0.784. The Labute approximate surface area is 124 Å². The second-order valence-electron chi connectivity index (χ2n) is 4.70. The monoisotopic (exact) mass is 308 g/mol. The Balaban J connectivity index is 2.36. The predicted octanol–water partition coefficient (Wildman–Crippen LogP) is 2.25. The summed E-state index contributed by atoms with van der Waals surface area (Å²) in [6.45, 7) is 0.442. The minimum atomic E-state index is -3.72. The standard InChI is InChI=1S/C14H13ClN2O2S/c1-2-7-17(10-11-3-4-11)20(18,19)14-6-5-12(9-16)8-13(14)15/h1,5-6,8,11H,3-4,7,10H2. The lowest BCUT2D eigenvalue weighted by Gasteiger charge is -2.20. The number of hydrogen-bond donors (Lipinski definition) is 0. The van der Waals surface area contributed by atoms with Crippen LogP contribution in [0.3, 0.4) is 0 Å². The van der Waals surface area contributed by atoms with Gasteiger partial charge in [-0.15, -0.1) is 6.42 Å². The van der Waals surface area contributed by atoms with Crippen LogP contribution in [0, 0.1) is 29.6 Å². The number of sulfonamides is 1. The molecule has 4 nitrogen and oxygen atoms in total. The van der Waals surface area contributed by atoms with E-state index in [1.807, 2.05) is 6.07 Å². The molecular formula is C14H13ClN2O2S. The highest BCUT2D eigenvalue weighted by molar-refractivity contribution is 7.89. The molecule has 1 aliphatic carbocycles. The van der Waals surface area contributed by atoms with Crippen LogP contribution in [0.15, 0.2) is 23.1 Å². The molecule has 104 valence electrons. The van der Waals surface area contributed by atoms with Crippen molar-refractivity contribution in [3.63, 3.8) is 0 Å². The summed E-state index contributed by atoms with van der Waals surface area (Å²) in [5.41, 5.74) is 0.319. The lowest BCUT2D eigenvalue weighted by atomic mass is 10.2. The van der Waals surface area contributed by atoms with Gasteiger partial charge in [-0.05, 0) is 37.0 Å². The first-order valence-electron chi connectivity index (χ1n) is 6.12. The largest absolute Gasteiger partial charge is 0.245 e. The maximum absolute atomic E-state index is 12.6. The number of nitriles is 1. The first-order chi connectivity index (χ1) is 9.48. The molecule has 0 saturated heterocycles. The fourth-order valence-corrected chi connectivity index (χ4v) is 3.80. The minimum absolute atomic E-state index is 0.00549. The summed E-state index contributed by atoms with van der Waals surface area (Å²) in [5, 5.41) is 8.82. The maximum Gasteiger partial charge on any atom is 0.245 e. The molecule has 0 atom stereocenters. The zero-order valence-corrected chi connectivity index (χ0v) is 12.3. The van der Waals surface area contributed by atoms with Crippen molar-refractivity contribution in [1.82, 2.24) is 4.31 Å². The Morgan fingerprint density at radius 3 is 2.65 bits per heavy atom. The molecule has 2 rings (SSSR count). The number of halogens is 1. The molecule has 0 radical (unpaired) electrons. The molecule has 0 bridgehead atoms. The molecule has 0 amide bonds. The highest BCUT2D eigenvalue weighted by atomic mass is 35.5. The number of hydrogen-bond acceptors (Lipinski definition) is 3. The summed E-state index contributed by atoms with van der Waals surface area (Å²) in [6.07, 6.45) is 7.30. The number of terminal acetylenes is 1. The Bertz CT molecular complexity index is 697. The van der Waals surface area contributed by atoms with Gasteiger partial charge in [0, 0.05) is 6.54 Å². The summed E-state index contributed by atoms with van der Waals surface area (Å²) in [7, 11) is -3.72. The zero-order valence-electron chi connectivity index (χ0n) is 10.7. The minimum Gasteiger partial charge on any atom is -0.207 e. The molecule has 20 heavy (non-hydrogen) atoms. The molecule has 1 aromatic carbocycles. The van der Waals surface area contributed by atoms with Crippen molar-refractivity contribution >= 4 is 21.6 Å². The van der Waals surface area contributed by atoms with Crippen LogP contribution in [0.2, 0.25) is 5.02 Å². The van der Waals surface area contributed by atoms with Gasteiger partial charge in [0.2, 0.25) is 10.0 Å². The molecule has 1 saturated carbocycles. The number of benzene rings is 1. The van der Waals surface area contributed by atoms with Crippen LogP contribution >= 0.6 is 11.6 Å². The van der Waals surface area contributed by atoms with Gasteiger partial charge in [0.05, 0.1) is 23.2 Å². The third-order valence-corrected chi connectivity index (χ3v) is 5.40. The molecule has 0 unspecified atom stereocenters. The summed E-state index contributed by atoms with van der Waals surface area (Å²) >= 11 is 5.98. The van der Waals surface area contributed by atoms with Crippen LogP contribution in [0.25, 0.3) is 0 Å². The summed E-state index contributed by atoms with van der Waals surface area (Å²) in [4.78, 5) is -0.00549. The lowest BCUT2D eigenvalue weighted by Crippen LogP contribution is -2.33. The second kappa shape index (κ2) is 5.85. The van der Waals surface area contributed by atoms with Crippen LogP contribution in [0.4, 0.5) is 0 Å². The third kappa shape index (κ3) is 3.13. The van der Waals surface area contributed by atoms with Gasteiger partial charge < -0.3 is 0 Å². The van der Waals surface area contributed by atoms with Crippen molar-refractivity contribution in [3.05, 3.63) is 28.8 Å². The van der Waals surface area contributed by atoms with E-state index in [2.05, 4.69) is 5.92 Å². The Morgan fingerprint density at radius 2 is 2.15 bits per heavy atom. The van der Waals surface area contributed by atoms with Gasteiger partial charge in [-0.2, -0.15) is 9.57 Å². The molecule has 0 aromatic heterocycles.